The zero-order valence-corrected chi connectivity index (χ0v) is 19.4. The van der Waals surface area contributed by atoms with E-state index in [1.165, 1.54) is 12.1 Å². The molecule has 0 spiro atoms. The molecule has 6 nitrogen and oxygen atoms in total. The largest absolute Gasteiger partial charge is 0.350 e. The van der Waals surface area contributed by atoms with Gasteiger partial charge in [0.05, 0.1) is 16.4 Å². The Balaban J connectivity index is 1.56. The molecule has 0 unspecified atom stereocenters. The van der Waals surface area contributed by atoms with Gasteiger partial charge in [-0.25, -0.2) is 4.90 Å². The standard InChI is InChI=1S/C24H16Cl3N3O3/c1-13-5-2-3-8-19(13)30-23(32)20(27)21(24(30)33)28-16-7-4-6-14(11-16)22(31)29-18-10-9-15(25)12-17(18)26/h2-12,28H,1H3,(H,29,31). The number of benzene rings is 3. The molecule has 0 saturated carbocycles. The number of amides is 3. The van der Waals surface area contributed by atoms with E-state index >= 15 is 0 Å². The molecule has 0 atom stereocenters. The van der Waals surface area contributed by atoms with E-state index in [4.69, 9.17) is 34.8 Å². The SMILES string of the molecule is Cc1ccccc1N1C(=O)C(Cl)=C(Nc2cccc(C(=O)Nc3ccc(Cl)cc3Cl)c2)C1=O. The highest BCUT2D eigenvalue weighted by atomic mass is 35.5. The van der Waals surface area contributed by atoms with Gasteiger partial charge in [-0.2, -0.15) is 0 Å². The van der Waals surface area contributed by atoms with E-state index in [0.29, 0.717) is 32.7 Å². The van der Waals surface area contributed by atoms with Crippen LogP contribution in [0.4, 0.5) is 17.1 Å². The van der Waals surface area contributed by atoms with E-state index in [-0.39, 0.29) is 10.7 Å². The lowest BCUT2D eigenvalue weighted by molar-refractivity contribution is -0.120. The Hall–Kier alpha value is -3.32. The number of anilines is 3. The van der Waals surface area contributed by atoms with Crippen molar-refractivity contribution >= 4 is 69.6 Å². The second-order valence-electron chi connectivity index (χ2n) is 7.21. The predicted molar refractivity (Wildman–Crippen MR) is 131 cm³/mol. The first-order chi connectivity index (χ1) is 15.8. The third kappa shape index (κ3) is 4.59. The van der Waals surface area contributed by atoms with E-state index in [1.807, 2.05) is 6.07 Å². The number of imide groups is 1. The summed E-state index contributed by atoms with van der Waals surface area (Å²) in [5, 5.41) is 6.11. The molecule has 2 N–H and O–H groups in total. The topological polar surface area (TPSA) is 78.5 Å². The number of carbonyl (C=O) groups excluding carboxylic acids is 3. The Labute approximate surface area is 204 Å². The van der Waals surface area contributed by atoms with Gasteiger partial charge in [-0.1, -0.05) is 59.1 Å². The Morgan fingerprint density at radius 3 is 2.36 bits per heavy atom. The van der Waals surface area contributed by atoms with Crippen LogP contribution in [-0.2, 0) is 9.59 Å². The lowest BCUT2D eigenvalue weighted by Crippen LogP contribution is -2.32. The van der Waals surface area contributed by atoms with Crippen LogP contribution in [0.15, 0.2) is 77.5 Å². The van der Waals surface area contributed by atoms with Gasteiger partial charge < -0.3 is 10.6 Å². The van der Waals surface area contributed by atoms with E-state index in [2.05, 4.69) is 10.6 Å². The highest BCUT2D eigenvalue weighted by Crippen LogP contribution is 2.32. The molecule has 0 radical (unpaired) electrons. The van der Waals surface area contributed by atoms with Crippen molar-refractivity contribution in [3.8, 4) is 0 Å². The van der Waals surface area contributed by atoms with Gasteiger partial charge in [0.15, 0.2) is 0 Å². The molecule has 0 aromatic heterocycles. The van der Waals surface area contributed by atoms with Crippen LogP contribution in [-0.4, -0.2) is 17.7 Å². The highest BCUT2D eigenvalue weighted by Gasteiger charge is 2.39. The molecular weight excluding hydrogens is 485 g/mol. The van der Waals surface area contributed by atoms with Crippen molar-refractivity contribution in [3.63, 3.8) is 0 Å². The average Bonchev–Trinajstić information content (AvgIpc) is 2.99. The molecule has 0 aliphatic carbocycles. The minimum atomic E-state index is -0.621. The average molecular weight is 501 g/mol. The number of para-hydroxylation sites is 1. The number of halogens is 3. The van der Waals surface area contributed by atoms with E-state index < -0.39 is 17.7 Å². The van der Waals surface area contributed by atoms with Crippen molar-refractivity contribution < 1.29 is 14.4 Å². The molecular formula is C24H16Cl3N3O3. The van der Waals surface area contributed by atoms with Gasteiger partial charge in [0.1, 0.15) is 10.7 Å². The van der Waals surface area contributed by atoms with Crippen LogP contribution >= 0.6 is 34.8 Å². The van der Waals surface area contributed by atoms with Crippen molar-refractivity contribution in [1.82, 2.24) is 0 Å². The van der Waals surface area contributed by atoms with Crippen LogP contribution in [0.5, 0.6) is 0 Å². The van der Waals surface area contributed by atoms with E-state index in [9.17, 15) is 14.4 Å². The van der Waals surface area contributed by atoms with Gasteiger partial charge >= 0.3 is 0 Å². The number of nitrogens with zero attached hydrogens (tertiary/aromatic N) is 1. The van der Waals surface area contributed by atoms with Gasteiger partial charge in [-0.05, 0) is 55.0 Å². The van der Waals surface area contributed by atoms with Gasteiger partial charge in [-0.15, -0.1) is 0 Å². The molecule has 1 aliphatic heterocycles. The maximum absolute atomic E-state index is 13.0. The molecule has 3 amide bonds. The quantitative estimate of drug-likeness (QED) is 0.422. The fourth-order valence-corrected chi connectivity index (χ4v) is 3.98. The molecule has 3 aromatic carbocycles. The Morgan fingerprint density at radius 2 is 1.64 bits per heavy atom. The molecule has 0 bridgehead atoms. The number of carbonyl (C=O) groups is 3. The minimum absolute atomic E-state index is 0.0665. The maximum Gasteiger partial charge on any atom is 0.283 e. The lowest BCUT2D eigenvalue weighted by atomic mass is 10.1. The molecule has 0 fully saturated rings. The van der Waals surface area contributed by atoms with Crippen molar-refractivity contribution in [2.75, 3.05) is 15.5 Å². The third-order valence-corrected chi connectivity index (χ3v) is 5.86. The first-order valence-corrected chi connectivity index (χ1v) is 10.9. The Morgan fingerprint density at radius 1 is 0.879 bits per heavy atom. The molecule has 0 saturated heterocycles. The summed E-state index contributed by atoms with van der Waals surface area (Å²) >= 11 is 18.2. The first kappa shape index (κ1) is 22.9. The van der Waals surface area contributed by atoms with Crippen molar-refractivity contribution in [2.24, 2.45) is 0 Å². The van der Waals surface area contributed by atoms with Gasteiger partial charge in [0.25, 0.3) is 17.7 Å². The van der Waals surface area contributed by atoms with Gasteiger partial charge in [0, 0.05) is 16.3 Å². The predicted octanol–water partition coefficient (Wildman–Crippen LogP) is 5.99. The van der Waals surface area contributed by atoms with Crippen molar-refractivity contribution in [3.05, 3.63) is 98.6 Å². The monoisotopic (exact) mass is 499 g/mol. The van der Waals surface area contributed by atoms with Crippen LogP contribution in [0.1, 0.15) is 15.9 Å². The summed E-state index contributed by atoms with van der Waals surface area (Å²) < 4.78 is 0. The Kier molecular flexibility index (Phi) is 6.42. The summed E-state index contributed by atoms with van der Waals surface area (Å²) in [6.45, 7) is 1.80. The number of rotatable bonds is 5. The molecule has 4 rings (SSSR count). The minimum Gasteiger partial charge on any atom is -0.350 e. The first-order valence-electron chi connectivity index (χ1n) is 9.74. The van der Waals surface area contributed by atoms with Crippen LogP contribution in [0, 0.1) is 6.92 Å². The summed E-state index contributed by atoms with van der Waals surface area (Å²) in [6.07, 6.45) is 0. The molecule has 33 heavy (non-hydrogen) atoms. The maximum atomic E-state index is 13.0. The summed E-state index contributed by atoms with van der Waals surface area (Å²) in [5.41, 5.74) is 2.25. The lowest BCUT2D eigenvalue weighted by Gasteiger charge is -2.17. The molecule has 9 heteroatoms. The van der Waals surface area contributed by atoms with Crippen LogP contribution in [0.25, 0.3) is 0 Å². The van der Waals surface area contributed by atoms with E-state index in [1.54, 1.807) is 55.5 Å². The van der Waals surface area contributed by atoms with E-state index in [0.717, 1.165) is 10.5 Å². The van der Waals surface area contributed by atoms with Gasteiger partial charge in [0.2, 0.25) is 0 Å². The van der Waals surface area contributed by atoms with Crippen molar-refractivity contribution in [1.29, 1.82) is 0 Å². The molecule has 166 valence electrons. The molecule has 1 aliphatic rings. The summed E-state index contributed by atoms with van der Waals surface area (Å²) in [4.78, 5) is 39.4. The second-order valence-corrected chi connectivity index (χ2v) is 8.43. The fourth-order valence-electron chi connectivity index (χ4n) is 3.31. The summed E-state index contributed by atoms with van der Waals surface area (Å²) in [5.74, 6) is -1.62. The summed E-state index contributed by atoms with van der Waals surface area (Å²) in [6, 6.07) is 18.2. The highest BCUT2D eigenvalue weighted by molar-refractivity contribution is 6.53. The third-order valence-electron chi connectivity index (χ3n) is 4.96. The smallest absolute Gasteiger partial charge is 0.283 e. The fraction of sp³-hybridized carbons (Fsp3) is 0.0417. The Bertz CT molecular complexity index is 1340. The molecule has 3 aromatic rings. The number of hydrogen-bond acceptors (Lipinski definition) is 4. The van der Waals surface area contributed by atoms with Crippen LogP contribution in [0.3, 0.4) is 0 Å². The summed E-state index contributed by atoms with van der Waals surface area (Å²) in [7, 11) is 0. The zero-order valence-electron chi connectivity index (χ0n) is 17.2. The second kappa shape index (κ2) is 9.27. The zero-order chi connectivity index (χ0) is 23.7. The van der Waals surface area contributed by atoms with Crippen LogP contribution in [0.2, 0.25) is 10.0 Å². The van der Waals surface area contributed by atoms with Gasteiger partial charge in [-0.3, -0.25) is 14.4 Å². The number of hydrogen-bond donors (Lipinski definition) is 2. The van der Waals surface area contributed by atoms with Crippen LogP contribution < -0.4 is 15.5 Å². The van der Waals surface area contributed by atoms with Crippen molar-refractivity contribution in [2.45, 2.75) is 6.92 Å². The number of aryl methyl sites for hydroxylation is 1. The normalized spacial score (nSPS) is 13.5. The molecule has 1 heterocycles. The number of nitrogens with one attached hydrogen (secondary N) is 2.